The molecule has 0 aliphatic rings. The number of hydrogen-bond acceptors (Lipinski definition) is 5. The van der Waals surface area contributed by atoms with Crippen LogP contribution in [-0.4, -0.2) is 62.1 Å². The topological polar surface area (TPSA) is 83.0 Å². The molecule has 0 unspecified atom stereocenters. The standard InChI is InChI=1S/C18H30N4O3S.HI/c1-18(2,3)25-16(24)9-11-20-17(21-13-15(23)22(4)5)19-10-8-14-7-6-12-26-14;/h6-7,12H,8-11,13H2,1-5H3,(H2,19,20,21);1H. The van der Waals surface area contributed by atoms with E-state index >= 15 is 0 Å². The van der Waals surface area contributed by atoms with Crippen molar-refractivity contribution >= 4 is 53.1 Å². The minimum Gasteiger partial charge on any atom is -0.460 e. The van der Waals surface area contributed by atoms with Gasteiger partial charge >= 0.3 is 5.97 Å². The van der Waals surface area contributed by atoms with Crippen molar-refractivity contribution in [2.24, 2.45) is 4.99 Å². The van der Waals surface area contributed by atoms with Gasteiger partial charge in [-0.3, -0.25) is 9.59 Å². The summed E-state index contributed by atoms with van der Waals surface area (Å²) in [6, 6.07) is 4.10. The van der Waals surface area contributed by atoms with Crippen LogP contribution in [0.5, 0.6) is 0 Å². The number of amides is 1. The third-order valence-electron chi connectivity index (χ3n) is 3.16. The molecule has 7 nitrogen and oxygen atoms in total. The molecule has 2 N–H and O–H groups in total. The molecule has 0 aliphatic carbocycles. The van der Waals surface area contributed by atoms with Crippen LogP contribution in [0.3, 0.4) is 0 Å². The quantitative estimate of drug-likeness (QED) is 0.243. The number of likely N-dealkylation sites (N-methyl/N-ethyl adjacent to an activating group) is 1. The average molecular weight is 510 g/mol. The maximum absolute atomic E-state index is 11.8. The van der Waals surface area contributed by atoms with Gasteiger partial charge in [0.15, 0.2) is 5.96 Å². The number of ether oxygens (including phenoxy) is 1. The summed E-state index contributed by atoms with van der Waals surface area (Å²) in [6.07, 6.45) is 1.09. The summed E-state index contributed by atoms with van der Waals surface area (Å²) in [5.41, 5.74) is -0.495. The summed E-state index contributed by atoms with van der Waals surface area (Å²) >= 11 is 1.70. The summed E-state index contributed by atoms with van der Waals surface area (Å²) in [6.45, 7) is 6.64. The summed E-state index contributed by atoms with van der Waals surface area (Å²) < 4.78 is 5.28. The molecule has 1 heterocycles. The average Bonchev–Trinajstić information content (AvgIpc) is 3.03. The van der Waals surface area contributed by atoms with Crippen LogP contribution in [0.25, 0.3) is 0 Å². The highest BCUT2D eigenvalue weighted by atomic mass is 127. The Morgan fingerprint density at radius 2 is 1.89 bits per heavy atom. The zero-order chi connectivity index (χ0) is 19.6. The predicted molar refractivity (Wildman–Crippen MR) is 121 cm³/mol. The molecule has 0 saturated carbocycles. The molecule has 1 aromatic rings. The molecule has 1 amide bonds. The molecular weight excluding hydrogens is 479 g/mol. The number of nitrogens with zero attached hydrogens (tertiary/aromatic N) is 2. The van der Waals surface area contributed by atoms with E-state index in [-0.39, 0.29) is 48.8 Å². The lowest BCUT2D eigenvalue weighted by Gasteiger charge is -2.19. The smallest absolute Gasteiger partial charge is 0.308 e. The van der Waals surface area contributed by atoms with Gasteiger partial charge in [0.1, 0.15) is 12.1 Å². The molecule has 0 spiro atoms. The number of nitrogens with one attached hydrogen (secondary N) is 2. The maximum atomic E-state index is 11.8. The van der Waals surface area contributed by atoms with Gasteiger partial charge in [0.25, 0.3) is 0 Å². The van der Waals surface area contributed by atoms with Crippen molar-refractivity contribution in [2.75, 3.05) is 33.7 Å². The summed E-state index contributed by atoms with van der Waals surface area (Å²) in [4.78, 5) is 30.6. The minimum absolute atomic E-state index is 0. The Labute approximate surface area is 183 Å². The van der Waals surface area contributed by atoms with E-state index in [2.05, 4.69) is 21.7 Å². The van der Waals surface area contributed by atoms with Crippen molar-refractivity contribution in [3.05, 3.63) is 22.4 Å². The van der Waals surface area contributed by atoms with Crippen molar-refractivity contribution in [1.29, 1.82) is 0 Å². The summed E-state index contributed by atoms with van der Waals surface area (Å²) in [7, 11) is 3.38. The van der Waals surface area contributed by atoms with Crippen LogP contribution in [0.15, 0.2) is 22.5 Å². The number of rotatable bonds is 8. The molecule has 0 aliphatic heterocycles. The van der Waals surface area contributed by atoms with Crippen LogP contribution in [0, 0.1) is 0 Å². The Morgan fingerprint density at radius 3 is 2.44 bits per heavy atom. The van der Waals surface area contributed by atoms with Crippen molar-refractivity contribution in [2.45, 2.75) is 39.2 Å². The van der Waals surface area contributed by atoms with Gasteiger partial charge in [-0.2, -0.15) is 0 Å². The zero-order valence-electron chi connectivity index (χ0n) is 16.7. The van der Waals surface area contributed by atoms with Crippen molar-refractivity contribution in [1.82, 2.24) is 15.5 Å². The maximum Gasteiger partial charge on any atom is 0.308 e. The number of halogens is 1. The van der Waals surface area contributed by atoms with Crippen LogP contribution in [0.2, 0.25) is 0 Å². The van der Waals surface area contributed by atoms with E-state index in [1.165, 1.54) is 9.78 Å². The van der Waals surface area contributed by atoms with Crippen LogP contribution >= 0.6 is 35.3 Å². The second-order valence-electron chi connectivity index (χ2n) is 6.97. The molecule has 0 saturated heterocycles. The first-order chi connectivity index (χ1) is 12.2. The highest BCUT2D eigenvalue weighted by Gasteiger charge is 2.15. The van der Waals surface area contributed by atoms with Gasteiger partial charge in [-0.15, -0.1) is 35.3 Å². The summed E-state index contributed by atoms with van der Waals surface area (Å²) in [5.74, 6) is 0.157. The fraction of sp³-hybridized carbons (Fsp3) is 0.611. The second kappa shape index (κ2) is 12.9. The fourth-order valence-electron chi connectivity index (χ4n) is 1.90. The molecule has 0 radical (unpaired) electrons. The van der Waals surface area contributed by atoms with Crippen LogP contribution in [-0.2, 0) is 20.7 Å². The SMILES string of the molecule is CN(C)C(=O)CN=C(NCCC(=O)OC(C)(C)C)NCCc1cccs1.I. The molecule has 1 aromatic heterocycles. The Morgan fingerprint density at radius 1 is 1.22 bits per heavy atom. The Kier molecular flexibility index (Phi) is 12.3. The lowest BCUT2D eigenvalue weighted by molar-refractivity contribution is -0.154. The van der Waals surface area contributed by atoms with E-state index < -0.39 is 5.60 Å². The van der Waals surface area contributed by atoms with Gasteiger partial charge < -0.3 is 20.3 Å². The zero-order valence-corrected chi connectivity index (χ0v) is 19.9. The van der Waals surface area contributed by atoms with E-state index in [0.29, 0.717) is 19.0 Å². The first-order valence-electron chi connectivity index (χ1n) is 8.64. The van der Waals surface area contributed by atoms with Gasteiger partial charge in [0, 0.05) is 32.1 Å². The molecule has 154 valence electrons. The first kappa shape index (κ1) is 25.6. The number of thiophene rings is 1. The predicted octanol–water partition coefficient (Wildman–Crippen LogP) is 2.26. The highest BCUT2D eigenvalue weighted by Crippen LogP contribution is 2.08. The number of carbonyl (C=O) groups excluding carboxylic acids is 2. The molecule has 0 atom stereocenters. The molecule has 27 heavy (non-hydrogen) atoms. The normalized spacial score (nSPS) is 11.4. The highest BCUT2D eigenvalue weighted by molar-refractivity contribution is 14.0. The van der Waals surface area contributed by atoms with Gasteiger partial charge in [-0.05, 0) is 38.6 Å². The van der Waals surface area contributed by atoms with E-state index in [0.717, 1.165) is 6.42 Å². The van der Waals surface area contributed by atoms with Gasteiger partial charge in [-0.25, -0.2) is 4.99 Å². The van der Waals surface area contributed by atoms with E-state index in [1.807, 2.05) is 32.2 Å². The molecule has 9 heteroatoms. The Balaban J connectivity index is 0.00000676. The van der Waals surface area contributed by atoms with Crippen molar-refractivity contribution < 1.29 is 14.3 Å². The number of aliphatic imine (C=N–C) groups is 1. The minimum atomic E-state index is -0.495. The number of hydrogen-bond donors (Lipinski definition) is 2. The third-order valence-corrected chi connectivity index (χ3v) is 4.09. The molecule has 0 bridgehead atoms. The van der Waals surface area contributed by atoms with E-state index in [1.54, 1.807) is 25.4 Å². The van der Waals surface area contributed by atoms with Crippen molar-refractivity contribution in [3.8, 4) is 0 Å². The van der Waals surface area contributed by atoms with Crippen LogP contribution in [0.1, 0.15) is 32.1 Å². The number of carbonyl (C=O) groups is 2. The first-order valence-corrected chi connectivity index (χ1v) is 9.52. The summed E-state index contributed by atoms with van der Waals surface area (Å²) in [5, 5.41) is 8.32. The largest absolute Gasteiger partial charge is 0.460 e. The molecule has 1 rings (SSSR count). The monoisotopic (exact) mass is 510 g/mol. The van der Waals surface area contributed by atoms with Gasteiger partial charge in [0.05, 0.1) is 6.42 Å². The number of guanidine groups is 1. The second-order valence-corrected chi connectivity index (χ2v) is 8.00. The van der Waals surface area contributed by atoms with E-state index in [4.69, 9.17) is 4.74 Å². The lowest BCUT2D eigenvalue weighted by Crippen LogP contribution is -2.40. The fourth-order valence-corrected chi connectivity index (χ4v) is 2.61. The Bertz CT molecular complexity index is 598. The number of esters is 1. The van der Waals surface area contributed by atoms with Crippen LogP contribution < -0.4 is 10.6 Å². The van der Waals surface area contributed by atoms with Gasteiger partial charge in [0.2, 0.25) is 5.91 Å². The molecule has 0 aromatic carbocycles. The molecular formula is C18H31IN4O3S. The van der Waals surface area contributed by atoms with Crippen LogP contribution in [0.4, 0.5) is 0 Å². The van der Waals surface area contributed by atoms with E-state index in [9.17, 15) is 9.59 Å². The Hall–Kier alpha value is -1.36. The third kappa shape index (κ3) is 12.6. The van der Waals surface area contributed by atoms with Crippen molar-refractivity contribution in [3.63, 3.8) is 0 Å². The lowest BCUT2D eigenvalue weighted by atomic mass is 10.2. The van der Waals surface area contributed by atoms with Gasteiger partial charge in [-0.1, -0.05) is 6.07 Å². The molecule has 0 fully saturated rings.